The molecule has 18 heavy (non-hydrogen) atoms. The van der Waals surface area contributed by atoms with Gasteiger partial charge in [0, 0.05) is 12.5 Å². The van der Waals surface area contributed by atoms with E-state index in [1.165, 1.54) is 0 Å². The van der Waals surface area contributed by atoms with E-state index in [-0.39, 0.29) is 6.04 Å². The first kappa shape index (κ1) is 12.4. The van der Waals surface area contributed by atoms with Gasteiger partial charge in [-0.25, -0.2) is 9.97 Å². The average Bonchev–Trinajstić information content (AvgIpc) is 2.81. The van der Waals surface area contributed by atoms with Gasteiger partial charge in [-0.15, -0.1) is 0 Å². The van der Waals surface area contributed by atoms with E-state index in [4.69, 9.17) is 10.2 Å². The fraction of sp³-hybridized carbons (Fsp3) is 0.385. The number of hydrogen-bond donors (Lipinski definition) is 2. The zero-order valence-electron chi connectivity index (χ0n) is 10.7. The third kappa shape index (κ3) is 3.00. The van der Waals surface area contributed by atoms with Gasteiger partial charge in [-0.05, 0) is 25.5 Å². The Morgan fingerprint density at radius 3 is 2.94 bits per heavy atom. The lowest BCUT2D eigenvalue weighted by atomic mass is 10.2. The highest BCUT2D eigenvalue weighted by Gasteiger charge is 2.10. The minimum absolute atomic E-state index is 0.0452. The summed E-state index contributed by atoms with van der Waals surface area (Å²) in [7, 11) is 0. The minimum Gasteiger partial charge on any atom is -0.467 e. The lowest BCUT2D eigenvalue weighted by molar-refractivity contribution is 0.490. The average molecular weight is 246 g/mol. The lowest BCUT2D eigenvalue weighted by Crippen LogP contribution is -2.10. The van der Waals surface area contributed by atoms with Crippen LogP contribution in [0.5, 0.6) is 0 Å². The fourth-order valence-electron chi connectivity index (χ4n) is 1.76. The van der Waals surface area contributed by atoms with Crippen molar-refractivity contribution in [2.24, 2.45) is 0 Å². The molecule has 0 aromatic carbocycles. The van der Waals surface area contributed by atoms with Crippen molar-refractivity contribution in [2.75, 3.05) is 11.1 Å². The third-order valence-electron chi connectivity index (χ3n) is 2.60. The first-order valence-corrected chi connectivity index (χ1v) is 6.12. The van der Waals surface area contributed by atoms with E-state index in [0.717, 1.165) is 30.2 Å². The molecule has 0 bridgehead atoms. The van der Waals surface area contributed by atoms with Crippen LogP contribution in [-0.4, -0.2) is 9.97 Å². The van der Waals surface area contributed by atoms with E-state index < -0.39 is 0 Å². The van der Waals surface area contributed by atoms with E-state index in [1.54, 1.807) is 12.3 Å². The topological polar surface area (TPSA) is 77.0 Å². The zero-order chi connectivity index (χ0) is 13.0. The van der Waals surface area contributed by atoms with Crippen LogP contribution in [0.1, 0.15) is 37.9 Å². The maximum Gasteiger partial charge on any atom is 0.133 e. The molecular weight excluding hydrogens is 228 g/mol. The number of nitrogens with one attached hydrogen (secondary N) is 1. The molecule has 5 nitrogen and oxygen atoms in total. The van der Waals surface area contributed by atoms with Crippen LogP contribution in [0.25, 0.3) is 0 Å². The third-order valence-corrected chi connectivity index (χ3v) is 2.60. The van der Waals surface area contributed by atoms with E-state index in [9.17, 15) is 0 Å². The minimum atomic E-state index is 0.0452. The molecule has 1 unspecified atom stereocenters. The number of nitrogens with two attached hydrogens (primary N) is 1. The number of furan rings is 1. The van der Waals surface area contributed by atoms with Gasteiger partial charge in [0.1, 0.15) is 23.2 Å². The van der Waals surface area contributed by atoms with Gasteiger partial charge in [-0.2, -0.15) is 0 Å². The molecule has 0 fully saturated rings. The second-order valence-electron chi connectivity index (χ2n) is 4.23. The molecule has 2 aromatic heterocycles. The highest BCUT2D eigenvalue weighted by Crippen LogP contribution is 2.19. The Kier molecular flexibility index (Phi) is 3.82. The predicted octanol–water partition coefficient (Wildman–Crippen LogP) is 2.78. The fourth-order valence-corrected chi connectivity index (χ4v) is 1.76. The van der Waals surface area contributed by atoms with Crippen molar-refractivity contribution in [3.8, 4) is 0 Å². The molecule has 0 aliphatic rings. The van der Waals surface area contributed by atoms with Crippen molar-refractivity contribution in [2.45, 2.75) is 32.7 Å². The normalized spacial score (nSPS) is 12.3. The second-order valence-corrected chi connectivity index (χ2v) is 4.23. The molecule has 96 valence electrons. The van der Waals surface area contributed by atoms with Crippen molar-refractivity contribution in [1.82, 2.24) is 9.97 Å². The largest absolute Gasteiger partial charge is 0.467 e. The smallest absolute Gasteiger partial charge is 0.133 e. The van der Waals surface area contributed by atoms with Gasteiger partial charge in [0.25, 0.3) is 0 Å². The maximum atomic E-state index is 5.77. The van der Waals surface area contributed by atoms with Gasteiger partial charge in [-0.1, -0.05) is 6.92 Å². The SMILES string of the molecule is CCCc1nc(N)cc(NC(C)c2ccco2)n1. The standard InChI is InChI=1S/C13H18N4O/c1-3-5-12-16-11(14)8-13(17-12)15-9(2)10-6-4-7-18-10/h4,6-9H,3,5H2,1-2H3,(H3,14,15,16,17). The molecule has 1 atom stereocenters. The van der Waals surface area contributed by atoms with Crippen LogP contribution in [0.15, 0.2) is 28.9 Å². The summed E-state index contributed by atoms with van der Waals surface area (Å²) < 4.78 is 5.34. The molecule has 0 spiro atoms. The monoisotopic (exact) mass is 246 g/mol. The number of anilines is 2. The molecular formula is C13H18N4O. The van der Waals surface area contributed by atoms with Crippen LogP contribution < -0.4 is 11.1 Å². The molecule has 0 saturated carbocycles. The Hall–Kier alpha value is -2.04. The Bertz CT molecular complexity index is 496. The molecule has 5 heteroatoms. The van der Waals surface area contributed by atoms with Gasteiger partial charge < -0.3 is 15.5 Å². The van der Waals surface area contributed by atoms with Crippen molar-refractivity contribution in [3.05, 3.63) is 36.0 Å². The Morgan fingerprint density at radius 2 is 2.28 bits per heavy atom. The lowest BCUT2D eigenvalue weighted by Gasteiger charge is -2.13. The quantitative estimate of drug-likeness (QED) is 0.848. The highest BCUT2D eigenvalue weighted by atomic mass is 16.3. The number of nitrogen functional groups attached to an aromatic ring is 1. The number of hydrogen-bond acceptors (Lipinski definition) is 5. The van der Waals surface area contributed by atoms with Crippen LogP contribution in [0.4, 0.5) is 11.6 Å². The molecule has 0 aliphatic heterocycles. The first-order valence-electron chi connectivity index (χ1n) is 6.12. The molecule has 0 radical (unpaired) electrons. The summed E-state index contributed by atoms with van der Waals surface area (Å²) in [5.74, 6) is 2.85. The van der Waals surface area contributed by atoms with E-state index in [2.05, 4.69) is 22.2 Å². The number of aryl methyl sites for hydroxylation is 1. The summed E-state index contributed by atoms with van der Waals surface area (Å²) in [6, 6.07) is 5.57. The van der Waals surface area contributed by atoms with Gasteiger partial charge >= 0.3 is 0 Å². The zero-order valence-corrected chi connectivity index (χ0v) is 10.7. The van der Waals surface area contributed by atoms with Gasteiger partial charge in [0.2, 0.25) is 0 Å². The molecule has 0 saturated heterocycles. The van der Waals surface area contributed by atoms with Crippen molar-refractivity contribution in [3.63, 3.8) is 0 Å². The van der Waals surface area contributed by atoms with E-state index >= 15 is 0 Å². The van der Waals surface area contributed by atoms with E-state index in [1.807, 2.05) is 19.1 Å². The van der Waals surface area contributed by atoms with Gasteiger partial charge in [-0.3, -0.25) is 0 Å². The van der Waals surface area contributed by atoms with Crippen LogP contribution in [0, 0.1) is 0 Å². The molecule has 3 N–H and O–H groups in total. The van der Waals surface area contributed by atoms with Gasteiger partial charge in [0.05, 0.1) is 12.3 Å². The predicted molar refractivity (Wildman–Crippen MR) is 71.2 cm³/mol. The Labute approximate surface area is 106 Å². The summed E-state index contributed by atoms with van der Waals surface area (Å²) in [5, 5.41) is 3.26. The second kappa shape index (κ2) is 5.53. The summed E-state index contributed by atoms with van der Waals surface area (Å²) in [5.41, 5.74) is 5.77. The summed E-state index contributed by atoms with van der Waals surface area (Å²) in [4.78, 5) is 8.63. The first-order chi connectivity index (χ1) is 8.69. The van der Waals surface area contributed by atoms with Gasteiger partial charge in [0.15, 0.2) is 0 Å². The summed E-state index contributed by atoms with van der Waals surface area (Å²) >= 11 is 0. The van der Waals surface area contributed by atoms with Crippen LogP contribution in [-0.2, 0) is 6.42 Å². The van der Waals surface area contributed by atoms with E-state index in [0.29, 0.717) is 5.82 Å². The Morgan fingerprint density at radius 1 is 1.44 bits per heavy atom. The Balaban J connectivity index is 2.13. The molecule has 2 rings (SSSR count). The maximum absolute atomic E-state index is 5.77. The summed E-state index contributed by atoms with van der Waals surface area (Å²) in [6.07, 6.45) is 3.48. The van der Waals surface area contributed by atoms with Crippen molar-refractivity contribution < 1.29 is 4.42 Å². The van der Waals surface area contributed by atoms with Crippen LogP contribution in [0.2, 0.25) is 0 Å². The molecule has 2 heterocycles. The number of rotatable bonds is 5. The molecule has 0 aliphatic carbocycles. The van der Waals surface area contributed by atoms with Crippen LogP contribution >= 0.6 is 0 Å². The number of nitrogens with zero attached hydrogens (tertiary/aromatic N) is 2. The van der Waals surface area contributed by atoms with Crippen molar-refractivity contribution >= 4 is 11.6 Å². The summed E-state index contributed by atoms with van der Waals surface area (Å²) in [6.45, 7) is 4.10. The molecule has 2 aromatic rings. The highest BCUT2D eigenvalue weighted by molar-refractivity contribution is 5.45. The number of aromatic nitrogens is 2. The van der Waals surface area contributed by atoms with Crippen molar-refractivity contribution in [1.29, 1.82) is 0 Å². The molecule has 0 amide bonds. The van der Waals surface area contributed by atoms with Crippen LogP contribution in [0.3, 0.4) is 0 Å².